The maximum absolute atomic E-state index is 12.7. The van der Waals surface area contributed by atoms with Gasteiger partial charge in [-0.3, -0.25) is 9.69 Å². The first-order chi connectivity index (χ1) is 10.1. The second-order valence-electron chi connectivity index (χ2n) is 5.38. The number of unbranched alkanes of at least 4 members (excludes halogenated alkanes) is 3. The zero-order valence-corrected chi connectivity index (χ0v) is 14.3. The van der Waals surface area contributed by atoms with Gasteiger partial charge >= 0.3 is 0 Å². The maximum atomic E-state index is 12.7. The van der Waals surface area contributed by atoms with Crippen molar-refractivity contribution in [3.8, 4) is 0 Å². The average Bonchev–Trinajstić information content (AvgIpc) is 2.82. The van der Waals surface area contributed by atoms with Gasteiger partial charge in [0.2, 0.25) is 0 Å². The van der Waals surface area contributed by atoms with E-state index >= 15 is 0 Å². The third-order valence-corrected chi connectivity index (χ3v) is 4.10. The average molecular weight is 348 g/mol. The smallest absolute Gasteiger partial charge is 0.258 e. The van der Waals surface area contributed by atoms with Gasteiger partial charge < -0.3 is 0 Å². The van der Waals surface area contributed by atoms with Crippen LogP contribution in [0.25, 0.3) is 0 Å². The van der Waals surface area contributed by atoms with Crippen molar-refractivity contribution >= 4 is 27.5 Å². The molecule has 0 bridgehead atoms. The van der Waals surface area contributed by atoms with Crippen molar-refractivity contribution < 1.29 is 4.79 Å². The summed E-state index contributed by atoms with van der Waals surface area (Å²) in [6, 6.07) is 9.84. The number of amides is 1. The molecule has 0 fully saturated rings. The fraction of sp³-hybridized carbons (Fsp3) is 0.389. The SMILES string of the molecule is CCCCCCC1=C/C(=C(\C)Br)N(c2ccccc2)C1=O. The summed E-state index contributed by atoms with van der Waals surface area (Å²) in [6.45, 7) is 4.18. The van der Waals surface area contributed by atoms with Gasteiger partial charge in [0.1, 0.15) is 0 Å². The fourth-order valence-electron chi connectivity index (χ4n) is 2.55. The van der Waals surface area contributed by atoms with Crippen molar-refractivity contribution in [1.29, 1.82) is 0 Å². The summed E-state index contributed by atoms with van der Waals surface area (Å²) < 4.78 is 0.989. The minimum atomic E-state index is 0.117. The van der Waals surface area contributed by atoms with Gasteiger partial charge in [-0.15, -0.1) is 0 Å². The summed E-state index contributed by atoms with van der Waals surface area (Å²) in [7, 11) is 0. The van der Waals surface area contributed by atoms with Crippen LogP contribution in [0.3, 0.4) is 0 Å². The van der Waals surface area contributed by atoms with Gasteiger partial charge in [0.15, 0.2) is 0 Å². The van der Waals surface area contributed by atoms with Crippen molar-refractivity contribution in [2.24, 2.45) is 0 Å². The molecule has 0 unspecified atom stereocenters. The lowest BCUT2D eigenvalue weighted by Crippen LogP contribution is -2.25. The predicted molar refractivity (Wildman–Crippen MR) is 92.4 cm³/mol. The summed E-state index contributed by atoms with van der Waals surface area (Å²) in [6.07, 6.45) is 7.64. The van der Waals surface area contributed by atoms with E-state index in [-0.39, 0.29) is 5.91 Å². The van der Waals surface area contributed by atoms with E-state index < -0.39 is 0 Å². The number of halogens is 1. The predicted octanol–water partition coefficient (Wildman–Crippen LogP) is 5.56. The zero-order chi connectivity index (χ0) is 15.2. The Morgan fingerprint density at radius 1 is 1.14 bits per heavy atom. The number of carbonyl (C=O) groups excluding carboxylic acids is 1. The number of anilines is 1. The number of hydrogen-bond acceptors (Lipinski definition) is 1. The zero-order valence-electron chi connectivity index (χ0n) is 12.7. The van der Waals surface area contributed by atoms with Crippen molar-refractivity contribution in [3.63, 3.8) is 0 Å². The van der Waals surface area contributed by atoms with E-state index in [1.165, 1.54) is 19.3 Å². The van der Waals surface area contributed by atoms with Gasteiger partial charge in [0.25, 0.3) is 5.91 Å². The molecule has 0 radical (unpaired) electrons. The van der Waals surface area contributed by atoms with Crippen LogP contribution >= 0.6 is 15.9 Å². The minimum Gasteiger partial charge on any atom is -0.276 e. The van der Waals surface area contributed by atoms with Gasteiger partial charge in [-0.25, -0.2) is 0 Å². The van der Waals surface area contributed by atoms with Crippen LogP contribution in [0.1, 0.15) is 46.0 Å². The highest BCUT2D eigenvalue weighted by Crippen LogP contribution is 2.33. The molecule has 1 heterocycles. The molecule has 2 nitrogen and oxygen atoms in total. The number of benzene rings is 1. The quantitative estimate of drug-likeness (QED) is 0.617. The molecular formula is C18H22BrNO. The summed E-state index contributed by atoms with van der Waals surface area (Å²) in [4.78, 5) is 14.5. The van der Waals surface area contributed by atoms with E-state index in [0.717, 1.165) is 34.3 Å². The standard InChI is InChI=1S/C18H22BrNO/c1-3-4-5-7-10-15-13-17(14(2)19)20(18(15)21)16-11-8-6-9-12-16/h6,8-9,11-13H,3-5,7,10H2,1-2H3/b17-14-. The van der Waals surface area contributed by atoms with Crippen LogP contribution in [0.4, 0.5) is 5.69 Å². The van der Waals surface area contributed by atoms with Crippen LogP contribution in [0.15, 0.2) is 52.2 Å². The molecule has 0 saturated carbocycles. The molecule has 1 aromatic rings. The first-order valence-corrected chi connectivity index (χ1v) is 8.41. The normalized spacial score (nSPS) is 17.2. The second kappa shape index (κ2) is 7.60. The van der Waals surface area contributed by atoms with Gasteiger partial charge in [-0.2, -0.15) is 0 Å². The molecule has 0 spiro atoms. The Morgan fingerprint density at radius 2 is 1.86 bits per heavy atom. The van der Waals surface area contributed by atoms with E-state index in [1.807, 2.05) is 43.3 Å². The lowest BCUT2D eigenvalue weighted by atomic mass is 10.1. The van der Waals surface area contributed by atoms with Crippen LogP contribution in [0.5, 0.6) is 0 Å². The van der Waals surface area contributed by atoms with E-state index in [2.05, 4.69) is 22.9 Å². The molecule has 0 aromatic heterocycles. The lowest BCUT2D eigenvalue weighted by molar-refractivity contribution is -0.114. The highest BCUT2D eigenvalue weighted by Gasteiger charge is 2.29. The molecule has 0 saturated heterocycles. The number of hydrogen-bond donors (Lipinski definition) is 0. The Morgan fingerprint density at radius 3 is 2.48 bits per heavy atom. The topological polar surface area (TPSA) is 20.3 Å². The number of para-hydroxylation sites is 1. The summed E-state index contributed by atoms with van der Waals surface area (Å²) in [5, 5.41) is 0. The maximum Gasteiger partial charge on any atom is 0.258 e. The monoisotopic (exact) mass is 347 g/mol. The highest BCUT2D eigenvalue weighted by atomic mass is 79.9. The number of nitrogens with zero attached hydrogens (tertiary/aromatic N) is 1. The van der Waals surface area contributed by atoms with Crippen LogP contribution in [-0.2, 0) is 4.79 Å². The molecule has 3 heteroatoms. The molecule has 1 amide bonds. The molecule has 21 heavy (non-hydrogen) atoms. The Kier molecular flexibility index (Phi) is 5.80. The molecule has 0 atom stereocenters. The van der Waals surface area contributed by atoms with Crippen LogP contribution in [-0.4, -0.2) is 5.91 Å². The summed E-state index contributed by atoms with van der Waals surface area (Å²) >= 11 is 3.53. The molecule has 112 valence electrons. The summed E-state index contributed by atoms with van der Waals surface area (Å²) in [5.41, 5.74) is 2.80. The largest absolute Gasteiger partial charge is 0.276 e. The van der Waals surface area contributed by atoms with Crippen molar-refractivity contribution in [2.75, 3.05) is 4.90 Å². The lowest BCUT2D eigenvalue weighted by Gasteiger charge is -2.19. The van der Waals surface area contributed by atoms with Gasteiger partial charge in [0, 0.05) is 15.7 Å². The van der Waals surface area contributed by atoms with E-state index in [9.17, 15) is 4.79 Å². The minimum absolute atomic E-state index is 0.117. The second-order valence-corrected chi connectivity index (χ2v) is 6.56. The van der Waals surface area contributed by atoms with Crippen LogP contribution in [0.2, 0.25) is 0 Å². The van der Waals surface area contributed by atoms with Crippen molar-refractivity contribution in [1.82, 2.24) is 0 Å². The van der Waals surface area contributed by atoms with Crippen LogP contribution in [0, 0.1) is 0 Å². The van der Waals surface area contributed by atoms with Crippen molar-refractivity contribution in [3.05, 3.63) is 52.2 Å². The van der Waals surface area contributed by atoms with Crippen molar-refractivity contribution in [2.45, 2.75) is 46.0 Å². The Bertz CT molecular complexity index is 556. The molecule has 0 N–H and O–H groups in total. The molecule has 2 rings (SSSR count). The van der Waals surface area contributed by atoms with E-state index in [1.54, 1.807) is 4.90 Å². The van der Waals surface area contributed by atoms with Gasteiger partial charge in [0.05, 0.1) is 5.70 Å². The first kappa shape index (κ1) is 16.0. The van der Waals surface area contributed by atoms with E-state index in [4.69, 9.17) is 0 Å². The number of allylic oxidation sites excluding steroid dienone is 2. The fourth-order valence-corrected chi connectivity index (χ4v) is 2.84. The van der Waals surface area contributed by atoms with E-state index in [0.29, 0.717) is 0 Å². The Labute approximate surface area is 135 Å². The molecular weight excluding hydrogens is 326 g/mol. The molecule has 1 aromatic carbocycles. The van der Waals surface area contributed by atoms with Gasteiger partial charge in [-0.05, 0) is 38.0 Å². The molecule has 0 aliphatic carbocycles. The first-order valence-electron chi connectivity index (χ1n) is 7.61. The number of carbonyl (C=O) groups is 1. The van der Waals surface area contributed by atoms with Gasteiger partial charge in [-0.1, -0.05) is 60.3 Å². The molecule has 1 aliphatic rings. The Balaban J connectivity index is 2.18. The Hall–Kier alpha value is -1.35. The summed E-state index contributed by atoms with van der Waals surface area (Å²) in [5.74, 6) is 0.117. The third kappa shape index (κ3) is 3.85. The molecule has 1 aliphatic heterocycles. The third-order valence-electron chi connectivity index (χ3n) is 3.70. The highest BCUT2D eigenvalue weighted by molar-refractivity contribution is 9.11. The van der Waals surface area contributed by atoms with Crippen LogP contribution < -0.4 is 4.90 Å². The number of rotatable bonds is 6.